The number of nitrogens with zero attached hydrogens (tertiary/aromatic N) is 1. The van der Waals surface area contributed by atoms with Crippen LogP contribution in [0.1, 0.15) is 18.6 Å². The van der Waals surface area contributed by atoms with Gasteiger partial charge in [0.05, 0.1) is 15.2 Å². The molecular weight excluding hydrogens is 481 g/mol. The number of aromatic nitrogens is 1. The molecule has 164 valence electrons. The van der Waals surface area contributed by atoms with Crippen LogP contribution in [0, 0.1) is 11.6 Å². The zero-order valence-corrected chi connectivity index (χ0v) is 18.7. The van der Waals surface area contributed by atoms with Crippen LogP contribution in [0.15, 0.2) is 48.5 Å². The van der Waals surface area contributed by atoms with E-state index in [1.54, 1.807) is 31.2 Å². The van der Waals surface area contributed by atoms with E-state index in [4.69, 9.17) is 38.4 Å². The van der Waals surface area contributed by atoms with E-state index in [-0.39, 0.29) is 21.4 Å². The number of ether oxygens (including phenoxy) is 2. The Morgan fingerprint density at radius 1 is 1.09 bits per heavy atom. The van der Waals surface area contributed by atoms with E-state index in [1.807, 2.05) is 0 Å². The molecule has 0 aliphatic carbocycles. The van der Waals surface area contributed by atoms with E-state index in [1.165, 1.54) is 29.5 Å². The van der Waals surface area contributed by atoms with E-state index in [0.717, 1.165) is 11.6 Å². The molecule has 0 bridgehead atoms. The lowest BCUT2D eigenvalue weighted by Gasteiger charge is -2.18. The molecule has 4 rings (SSSR count). The maximum atomic E-state index is 14.7. The summed E-state index contributed by atoms with van der Waals surface area (Å²) in [6, 6.07) is 11.9. The Kier molecular flexibility index (Phi) is 6.19. The van der Waals surface area contributed by atoms with E-state index in [9.17, 15) is 13.6 Å². The van der Waals surface area contributed by atoms with Crippen molar-refractivity contribution in [2.24, 2.45) is 5.73 Å². The summed E-state index contributed by atoms with van der Waals surface area (Å²) >= 11 is 13.5. The fourth-order valence-corrected chi connectivity index (χ4v) is 4.75. The lowest BCUT2D eigenvalue weighted by atomic mass is 10.1. The van der Waals surface area contributed by atoms with Gasteiger partial charge < -0.3 is 15.2 Å². The van der Waals surface area contributed by atoms with Crippen molar-refractivity contribution in [1.82, 2.24) is 4.98 Å². The molecule has 0 radical (unpaired) electrons. The summed E-state index contributed by atoms with van der Waals surface area (Å²) in [5, 5.41) is 0.677. The summed E-state index contributed by atoms with van der Waals surface area (Å²) in [5.41, 5.74) is 6.42. The number of amides is 1. The number of fused-ring (bicyclic) bond motifs is 1. The van der Waals surface area contributed by atoms with Crippen molar-refractivity contribution in [2.45, 2.75) is 13.0 Å². The molecule has 4 aromatic rings. The van der Waals surface area contributed by atoms with Gasteiger partial charge in [0, 0.05) is 28.3 Å². The highest BCUT2D eigenvalue weighted by Gasteiger charge is 2.21. The molecule has 0 saturated carbocycles. The van der Waals surface area contributed by atoms with Gasteiger partial charge in [0.1, 0.15) is 22.7 Å². The third-order valence-corrected chi connectivity index (χ3v) is 6.33. The van der Waals surface area contributed by atoms with Gasteiger partial charge in [0.25, 0.3) is 0 Å². The molecule has 1 unspecified atom stereocenters. The zero-order chi connectivity index (χ0) is 23.0. The van der Waals surface area contributed by atoms with Crippen LogP contribution in [-0.2, 0) is 0 Å². The van der Waals surface area contributed by atoms with E-state index >= 15 is 0 Å². The molecule has 1 amide bonds. The van der Waals surface area contributed by atoms with Gasteiger partial charge >= 0.3 is 6.09 Å². The van der Waals surface area contributed by atoms with E-state index in [0.29, 0.717) is 21.0 Å². The molecule has 3 aromatic carbocycles. The van der Waals surface area contributed by atoms with Crippen molar-refractivity contribution in [2.75, 3.05) is 0 Å². The number of primary amides is 1. The molecular formula is C22H14Cl2F2N2O3S. The van der Waals surface area contributed by atoms with Crippen LogP contribution in [0.2, 0.25) is 10.0 Å². The number of halogens is 4. The first-order valence-electron chi connectivity index (χ1n) is 9.21. The van der Waals surface area contributed by atoms with Crippen LogP contribution in [0.3, 0.4) is 0 Å². The van der Waals surface area contributed by atoms with Gasteiger partial charge in [-0.05, 0) is 43.3 Å². The summed E-state index contributed by atoms with van der Waals surface area (Å²) in [6.45, 7) is 1.60. The third kappa shape index (κ3) is 4.48. The summed E-state index contributed by atoms with van der Waals surface area (Å²) < 4.78 is 39.8. The molecule has 0 fully saturated rings. The summed E-state index contributed by atoms with van der Waals surface area (Å²) in [6.07, 6.45) is -1.71. The predicted octanol–water partition coefficient (Wildman–Crippen LogP) is 7.15. The van der Waals surface area contributed by atoms with Gasteiger partial charge in [-0.15, -0.1) is 11.3 Å². The maximum absolute atomic E-state index is 14.7. The predicted molar refractivity (Wildman–Crippen MR) is 121 cm³/mol. The first-order valence-corrected chi connectivity index (χ1v) is 10.8. The van der Waals surface area contributed by atoms with Crippen molar-refractivity contribution >= 4 is 50.8 Å². The van der Waals surface area contributed by atoms with Crippen LogP contribution >= 0.6 is 34.5 Å². The smallest absolute Gasteiger partial charge is 0.409 e. The van der Waals surface area contributed by atoms with Crippen molar-refractivity contribution in [3.8, 4) is 22.1 Å². The highest BCUT2D eigenvalue weighted by atomic mass is 35.5. The Bertz CT molecular complexity index is 1330. The summed E-state index contributed by atoms with van der Waals surface area (Å²) in [5.74, 6) is -1.01. The first-order chi connectivity index (χ1) is 15.2. The number of rotatable bonds is 5. The number of carbonyl (C=O) groups excluding carboxylic acids is 1. The Hall–Kier alpha value is -2.94. The molecule has 0 saturated heterocycles. The van der Waals surface area contributed by atoms with E-state index < -0.39 is 23.8 Å². The number of thiazole rings is 1. The Labute approximate surface area is 195 Å². The van der Waals surface area contributed by atoms with Gasteiger partial charge in [-0.1, -0.05) is 23.2 Å². The SMILES string of the molecule is CC(Oc1cc2sc(-c3ccc(OC(N)=O)cc3)nc2cc1F)c1c(Cl)ccc(F)c1Cl. The maximum Gasteiger partial charge on any atom is 0.409 e. The third-order valence-electron chi connectivity index (χ3n) is 4.55. The molecule has 2 N–H and O–H groups in total. The van der Waals surface area contributed by atoms with Crippen LogP contribution < -0.4 is 15.2 Å². The average Bonchev–Trinajstić information content (AvgIpc) is 3.14. The lowest BCUT2D eigenvalue weighted by Crippen LogP contribution is -2.16. The Balaban J connectivity index is 1.63. The van der Waals surface area contributed by atoms with Crippen molar-refractivity contribution in [1.29, 1.82) is 0 Å². The molecule has 10 heteroatoms. The van der Waals surface area contributed by atoms with Gasteiger partial charge in [-0.3, -0.25) is 0 Å². The Morgan fingerprint density at radius 3 is 2.50 bits per heavy atom. The van der Waals surface area contributed by atoms with Gasteiger partial charge in [-0.2, -0.15) is 0 Å². The van der Waals surface area contributed by atoms with Crippen molar-refractivity contribution < 1.29 is 23.0 Å². The molecule has 1 atom stereocenters. The van der Waals surface area contributed by atoms with Gasteiger partial charge in [0.2, 0.25) is 0 Å². The van der Waals surface area contributed by atoms with E-state index in [2.05, 4.69) is 4.98 Å². The van der Waals surface area contributed by atoms with Gasteiger partial charge in [0.15, 0.2) is 11.6 Å². The second kappa shape index (κ2) is 8.90. The number of benzene rings is 3. The largest absolute Gasteiger partial charge is 0.483 e. The molecule has 1 aromatic heterocycles. The van der Waals surface area contributed by atoms with Crippen molar-refractivity contribution in [3.05, 3.63) is 75.8 Å². The number of nitrogens with two attached hydrogens (primary N) is 1. The number of carbonyl (C=O) groups is 1. The average molecular weight is 495 g/mol. The highest BCUT2D eigenvalue weighted by molar-refractivity contribution is 7.21. The number of hydrogen-bond acceptors (Lipinski definition) is 5. The standard InChI is InChI=1S/C22H14Cl2F2N2O3S/c1-10(19-13(23)6-7-14(25)20(19)24)30-17-9-18-16(8-15(17)26)28-21(32-18)11-2-4-12(5-3-11)31-22(27)29/h2-10H,1H3,(H2,27,29). The topological polar surface area (TPSA) is 74.4 Å². The van der Waals surface area contributed by atoms with Crippen LogP contribution in [0.5, 0.6) is 11.5 Å². The summed E-state index contributed by atoms with van der Waals surface area (Å²) in [4.78, 5) is 15.3. The summed E-state index contributed by atoms with van der Waals surface area (Å²) in [7, 11) is 0. The first kappa shape index (κ1) is 22.3. The molecule has 32 heavy (non-hydrogen) atoms. The molecule has 5 nitrogen and oxygen atoms in total. The highest BCUT2D eigenvalue weighted by Crippen LogP contribution is 2.38. The minimum atomic E-state index is -0.907. The minimum absolute atomic E-state index is 0.0400. The van der Waals surface area contributed by atoms with Crippen LogP contribution in [0.25, 0.3) is 20.8 Å². The lowest BCUT2D eigenvalue weighted by molar-refractivity contribution is 0.211. The fraction of sp³-hybridized carbons (Fsp3) is 0.0909. The second-order valence-electron chi connectivity index (χ2n) is 6.73. The Morgan fingerprint density at radius 2 is 1.81 bits per heavy atom. The van der Waals surface area contributed by atoms with Crippen molar-refractivity contribution in [3.63, 3.8) is 0 Å². The van der Waals surface area contributed by atoms with Crippen LogP contribution in [0.4, 0.5) is 13.6 Å². The normalized spacial score (nSPS) is 12.0. The monoisotopic (exact) mass is 494 g/mol. The quantitative estimate of drug-likeness (QED) is 0.299. The molecule has 0 aliphatic heterocycles. The molecule has 1 heterocycles. The number of hydrogen-bond donors (Lipinski definition) is 1. The fourth-order valence-electron chi connectivity index (χ4n) is 3.09. The minimum Gasteiger partial charge on any atom is -0.483 e. The van der Waals surface area contributed by atoms with Gasteiger partial charge in [-0.25, -0.2) is 18.6 Å². The molecule has 0 spiro atoms. The second-order valence-corrected chi connectivity index (χ2v) is 8.55. The zero-order valence-electron chi connectivity index (χ0n) is 16.4. The van der Waals surface area contributed by atoms with Crippen LogP contribution in [-0.4, -0.2) is 11.1 Å². The molecule has 0 aliphatic rings.